The summed E-state index contributed by atoms with van der Waals surface area (Å²) in [5.41, 5.74) is 0.674. The zero-order chi connectivity index (χ0) is 12.3. The van der Waals surface area contributed by atoms with E-state index in [4.69, 9.17) is 12.2 Å². The van der Waals surface area contributed by atoms with Crippen LogP contribution in [0.25, 0.3) is 0 Å². The van der Waals surface area contributed by atoms with Crippen LogP contribution < -0.4 is 5.32 Å². The van der Waals surface area contributed by atoms with Crippen molar-refractivity contribution < 1.29 is 9.59 Å². The van der Waals surface area contributed by atoms with Gasteiger partial charge in [-0.05, 0) is 25.2 Å². The van der Waals surface area contributed by atoms with Gasteiger partial charge in [-0.3, -0.25) is 19.8 Å². The number of allylic oxidation sites excluding steroid dienone is 2. The summed E-state index contributed by atoms with van der Waals surface area (Å²) in [7, 11) is 0. The van der Waals surface area contributed by atoms with Gasteiger partial charge in [0.25, 0.3) is 11.8 Å². The van der Waals surface area contributed by atoms with Crippen molar-refractivity contribution in [1.82, 2.24) is 10.2 Å². The van der Waals surface area contributed by atoms with Crippen molar-refractivity contribution in [3.8, 4) is 0 Å². The van der Waals surface area contributed by atoms with Crippen LogP contribution in [0.3, 0.4) is 0 Å². The summed E-state index contributed by atoms with van der Waals surface area (Å²) < 4.78 is 0. The molecule has 16 heavy (non-hydrogen) atoms. The van der Waals surface area contributed by atoms with Crippen molar-refractivity contribution in [3.63, 3.8) is 0 Å². The molecule has 84 valence electrons. The molecule has 5 heteroatoms. The molecule has 1 N–H and O–H groups in total. The van der Waals surface area contributed by atoms with E-state index in [-0.39, 0.29) is 17.2 Å². The van der Waals surface area contributed by atoms with Gasteiger partial charge in [0.15, 0.2) is 5.11 Å². The summed E-state index contributed by atoms with van der Waals surface area (Å²) in [6.45, 7) is 9.13. The van der Waals surface area contributed by atoms with E-state index in [9.17, 15) is 9.59 Å². The molecule has 0 spiro atoms. The highest BCUT2D eigenvalue weighted by atomic mass is 32.1. The van der Waals surface area contributed by atoms with Gasteiger partial charge in [-0.1, -0.05) is 18.2 Å². The lowest BCUT2D eigenvalue weighted by Crippen LogP contribution is -2.53. The number of hydrogen-bond donors (Lipinski definition) is 1. The van der Waals surface area contributed by atoms with Crippen molar-refractivity contribution in [2.24, 2.45) is 0 Å². The monoisotopic (exact) mass is 236 g/mol. The summed E-state index contributed by atoms with van der Waals surface area (Å²) in [6, 6.07) is 0. The van der Waals surface area contributed by atoms with Crippen LogP contribution in [-0.4, -0.2) is 28.4 Å². The first-order valence-electron chi connectivity index (χ1n) is 4.62. The molecule has 0 saturated carbocycles. The molecule has 0 atom stereocenters. The average Bonchev–Trinajstić information content (AvgIpc) is 2.19. The molecular weight excluding hydrogens is 224 g/mol. The highest BCUT2D eigenvalue weighted by Crippen LogP contribution is 2.11. The third-order valence-electron chi connectivity index (χ3n) is 1.89. The van der Waals surface area contributed by atoms with E-state index in [2.05, 4.69) is 18.5 Å². The normalized spacial score (nSPS) is 18.7. The molecule has 1 heterocycles. The van der Waals surface area contributed by atoms with E-state index in [1.807, 2.05) is 0 Å². The lowest BCUT2D eigenvalue weighted by Gasteiger charge is -2.27. The zero-order valence-corrected chi connectivity index (χ0v) is 9.76. The number of thiocarbonyl (C=S) groups is 1. The molecule has 4 nitrogen and oxygen atoms in total. The van der Waals surface area contributed by atoms with Crippen LogP contribution in [0.15, 0.2) is 36.5 Å². The topological polar surface area (TPSA) is 49.4 Å². The summed E-state index contributed by atoms with van der Waals surface area (Å²) in [6.07, 6.45) is 2.98. The maximum absolute atomic E-state index is 11.9. The quantitative estimate of drug-likeness (QED) is 0.343. The Balaban J connectivity index is 3.08. The molecular formula is C11H12N2O2S. The third-order valence-corrected chi connectivity index (χ3v) is 2.21. The van der Waals surface area contributed by atoms with Gasteiger partial charge in [0.1, 0.15) is 5.57 Å². The van der Waals surface area contributed by atoms with E-state index in [1.165, 1.54) is 11.0 Å². The molecule has 1 saturated heterocycles. The smallest absolute Gasteiger partial charge is 0.265 e. The van der Waals surface area contributed by atoms with Gasteiger partial charge in [-0.15, -0.1) is 6.58 Å². The van der Waals surface area contributed by atoms with Crippen LogP contribution in [0.5, 0.6) is 0 Å². The van der Waals surface area contributed by atoms with Gasteiger partial charge in [0.2, 0.25) is 0 Å². The fourth-order valence-corrected chi connectivity index (χ4v) is 1.49. The van der Waals surface area contributed by atoms with Gasteiger partial charge >= 0.3 is 0 Å². The fourth-order valence-electron chi connectivity index (χ4n) is 1.24. The Bertz CT molecular complexity index is 424. The minimum atomic E-state index is -0.488. The number of carbonyl (C=O) groups is 2. The molecule has 2 amide bonds. The van der Waals surface area contributed by atoms with Crippen molar-refractivity contribution >= 4 is 29.1 Å². The van der Waals surface area contributed by atoms with Crippen LogP contribution in [0.1, 0.15) is 6.92 Å². The van der Waals surface area contributed by atoms with E-state index in [0.717, 1.165) is 0 Å². The molecule has 0 aliphatic carbocycles. The predicted molar refractivity (Wildman–Crippen MR) is 65.5 cm³/mol. The Kier molecular flexibility index (Phi) is 3.73. The van der Waals surface area contributed by atoms with Gasteiger partial charge in [-0.25, -0.2) is 0 Å². The first-order chi connectivity index (χ1) is 7.47. The molecule has 0 aromatic carbocycles. The van der Waals surface area contributed by atoms with Crippen molar-refractivity contribution in [1.29, 1.82) is 0 Å². The Morgan fingerprint density at radius 3 is 2.69 bits per heavy atom. The molecule has 0 radical (unpaired) electrons. The average molecular weight is 236 g/mol. The van der Waals surface area contributed by atoms with Crippen molar-refractivity contribution in [2.75, 3.05) is 6.54 Å². The van der Waals surface area contributed by atoms with E-state index in [0.29, 0.717) is 5.57 Å². The maximum Gasteiger partial charge on any atom is 0.265 e. The van der Waals surface area contributed by atoms with Crippen LogP contribution >= 0.6 is 12.2 Å². The predicted octanol–water partition coefficient (Wildman–Crippen LogP) is 0.918. The summed E-state index contributed by atoms with van der Waals surface area (Å²) >= 11 is 4.89. The van der Waals surface area contributed by atoms with E-state index >= 15 is 0 Å². The first-order valence-corrected chi connectivity index (χ1v) is 5.03. The summed E-state index contributed by atoms with van der Waals surface area (Å²) in [5.74, 6) is -0.907. The minimum absolute atomic E-state index is 0.0444. The largest absolute Gasteiger partial charge is 0.298 e. The van der Waals surface area contributed by atoms with Gasteiger partial charge in [0, 0.05) is 6.54 Å². The molecule has 1 fully saturated rings. The van der Waals surface area contributed by atoms with Crippen LogP contribution in [0.2, 0.25) is 0 Å². The molecule has 0 bridgehead atoms. The maximum atomic E-state index is 11.9. The summed E-state index contributed by atoms with van der Waals surface area (Å²) in [4.78, 5) is 24.7. The van der Waals surface area contributed by atoms with Gasteiger partial charge < -0.3 is 0 Å². The lowest BCUT2D eigenvalue weighted by molar-refractivity contribution is -0.128. The summed E-state index contributed by atoms with van der Waals surface area (Å²) in [5, 5.41) is 2.55. The zero-order valence-electron chi connectivity index (χ0n) is 8.95. The third kappa shape index (κ3) is 2.43. The highest BCUT2D eigenvalue weighted by Gasteiger charge is 2.32. The van der Waals surface area contributed by atoms with Crippen LogP contribution in [0.4, 0.5) is 0 Å². The molecule has 1 aliphatic heterocycles. The fraction of sp³-hybridized carbons (Fsp3) is 0.182. The Morgan fingerprint density at radius 2 is 2.19 bits per heavy atom. The Morgan fingerprint density at radius 1 is 1.56 bits per heavy atom. The van der Waals surface area contributed by atoms with Crippen LogP contribution in [0, 0.1) is 0 Å². The standard InChI is InChI=1S/C11H12N2O2S/c1-4-5-13-10(15)8(6-7(2)3)9(14)12-11(13)16/h4,6H,1-2,5H2,3H3,(H,12,14,16)/b8-6+. The number of nitrogens with one attached hydrogen (secondary N) is 1. The molecule has 0 unspecified atom stereocenters. The first kappa shape index (κ1) is 12.3. The van der Waals surface area contributed by atoms with Crippen molar-refractivity contribution in [3.05, 3.63) is 36.5 Å². The van der Waals surface area contributed by atoms with Gasteiger partial charge in [-0.2, -0.15) is 0 Å². The molecule has 1 rings (SSSR count). The molecule has 0 aromatic rings. The number of rotatable bonds is 3. The lowest BCUT2D eigenvalue weighted by atomic mass is 10.1. The molecule has 1 aliphatic rings. The number of carbonyl (C=O) groups excluding carboxylic acids is 2. The van der Waals surface area contributed by atoms with Crippen LogP contribution in [-0.2, 0) is 9.59 Å². The van der Waals surface area contributed by atoms with E-state index in [1.54, 1.807) is 13.0 Å². The van der Waals surface area contributed by atoms with Crippen molar-refractivity contribution in [2.45, 2.75) is 6.92 Å². The minimum Gasteiger partial charge on any atom is -0.298 e. The second-order valence-corrected chi connectivity index (χ2v) is 3.75. The second kappa shape index (κ2) is 4.85. The number of hydrogen-bond acceptors (Lipinski definition) is 3. The highest BCUT2D eigenvalue weighted by molar-refractivity contribution is 7.80. The van der Waals surface area contributed by atoms with E-state index < -0.39 is 11.8 Å². The number of amides is 2. The second-order valence-electron chi connectivity index (χ2n) is 3.37. The molecule has 0 aromatic heterocycles. The number of nitrogens with zero attached hydrogens (tertiary/aromatic N) is 1. The SMILES string of the molecule is C=CCN1C(=O)/C(=C/C(=C)C)C(=O)NC1=S. The van der Waals surface area contributed by atoms with Gasteiger partial charge in [0.05, 0.1) is 0 Å². The Labute approximate surface area is 99.3 Å². The Hall–Kier alpha value is -1.75.